The maximum absolute atomic E-state index is 14.3. The third kappa shape index (κ3) is 4.87. The number of aromatic nitrogens is 4. The van der Waals surface area contributed by atoms with Gasteiger partial charge in [-0.05, 0) is 19.4 Å². The second-order valence-corrected chi connectivity index (χ2v) is 8.14. The number of halogens is 2. The minimum atomic E-state index is -0.314. The quantitative estimate of drug-likeness (QED) is 0.694. The first-order valence-corrected chi connectivity index (χ1v) is 9.77. The molecule has 0 aromatic carbocycles. The Bertz CT molecular complexity index is 957. The molecule has 0 bridgehead atoms. The van der Waals surface area contributed by atoms with Gasteiger partial charge in [0.05, 0.1) is 36.7 Å². The molecule has 4 rings (SSSR count). The highest BCUT2D eigenvalue weighted by molar-refractivity contribution is 5.62. The van der Waals surface area contributed by atoms with Crippen molar-refractivity contribution in [1.29, 1.82) is 0 Å². The van der Waals surface area contributed by atoms with E-state index in [-0.39, 0.29) is 17.3 Å². The topological polar surface area (TPSA) is 67.1 Å². The molecule has 6 nitrogen and oxygen atoms in total. The summed E-state index contributed by atoms with van der Waals surface area (Å²) in [7, 11) is 0.500. The summed E-state index contributed by atoms with van der Waals surface area (Å²) in [4.78, 5) is 13.6. The van der Waals surface area contributed by atoms with Crippen molar-refractivity contribution < 1.29 is 8.78 Å². The van der Waals surface area contributed by atoms with Crippen LogP contribution < -0.4 is 10.6 Å². The number of piperidine rings is 1. The van der Waals surface area contributed by atoms with E-state index >= 15 is 0 Å². The number of fused-ring (bicyclic) bond motifs is 1. The van der Waals surface area contributed by atoms with Crippen LogP contribution >= 0.6 is 0 Å². The standard InChI is InChI=1S/C20H25FN6.CH3F/c1-20(2,3)17-12-27-16(10-24-19(27)11-23-17)15-7-13(21)8-18(26-15)25-14-5-4-6-22-9-14;1-2/h7-8,10-12,14,22H,4-6,9H2,1-3H3,(H,25,26);1H3. The second-order valence-electron chi connectivity index (χ2n) is 8.14. The van der Waals surface area contributed by atoms with Crippen LogP contribution in [-0.4, -0.2) is 45.7 Å². The molecule has 0 radical (unpaired) electrons. The van der Waals surface area contributed by atoms with Crippen molar-refractivity contribution in [2.45, 2.75) is 45.1 Å². The fourth-order valence-electron chi connectivity index (χ4n) is 3.35. The molecular weight excluding hydrogens is 374 g/mol. The predicted molar refractivity (Wildman–Crippen MR) is 111 cm³/mol. The molecule has 1 atom stereocenters. The van der Waals surface area contributed by atoms with Crippen LogP contribution in [0.5, 0.6) is 0 Å². The highest BCUT2D eigenvalue weighted by atomic mass is 19.1. The van der Waals surface area contributed by atoms with E-state index in [0.29, 0.717) is 18.7 Å². The minimum absolute atomic E-state index is 0.0915. The van der Waals surface area contributed by atoms with Gasteiger partial charge in [0, 0.05) is 36.3 Å². The van der Waals surface area contributed by atoms with Gasteiger partial charge in [-0.15, -0.1) is 0 Å². The van der Waals surface area contributed by atoms with Gasteiger partial charge in [0.1, 0.15) is 11.6 Å². The van der Waals surface area contributed by atoms with Crippen LogP contribution in [0, 0.1) is 5.82 Å². The first-order valence-electron chi connectivity index (χ1n) is 9.77. The normalized spacial score (nSPS) is 17.0. The van der Waals surface area contributed by atoms with Crippen LogP contribution in [0.15, 0.2) is 30.7 Å². The third-order valence-corrected chi connectivity index (χ3v) is 4.87. The van der Waals surface area contributed by atoms with Crippen LogP contribution in [0.2, 0.25) is 0 Å². The van der Waals surface area contributed by atoms with Crippen molar-refractivity contribution in [3.8, 4) is 11.4 Å². The summed E-state index contributed by atoms with van der Waals surface area (Å²) in [6.07, 6.45) is 7.59. The number of imidazole rings is 1. The molecule has 4 heterocycles. The number of pyridine rings is 1. The Morgan fingerprint density at radius 2 is 1.97 bits per heavy atom. The molecule has 156 valence electrons. The molecule has 3 aromatic heterocycles. The van der Waals surface area contributed by atoms with Gasteiger partial charge in [0.2, 0.25) is 0 Å². The molecule has 1 aliphatic heterocycles. The van der Waals surface area contributed by atoms with Crippen molar-refractivity contribution in [2.75, 3.05) is 25.6 Å². The smallest absolute Gasteiger partial charge is 0.155 e. The van der Waals surface area contributed by atoms with Gasteiger partial charge in [0.25, 0.3) is 0 Å². The summed E-state index contributed by atoms with van der Waals surface area (Å²) in [6.45, 7) is 8.23. The van der Waals surface area contributed by atoms with Gasteiger partial charge < -0.3 is 10.6 Å². The first kappa shape index (κ1) is 21.1. The van der Waals surface area contributed by atoms with E-state index in [1.54, 1.807) is 12.4 Å². The molecule has 1 unspecified atom stereocenters. The van der Waals surface area contributed by atoms with E-state index in [1.807, 2.05) is 10.6 Å². The van der Waals surface area contributed by atoms with Crippen molar-refractivity contribution in [3.63, 3.8) is 0 Å². The highest BCUT2D eigenvalue weighted by Gasteiger charge is 2.19. The molecule has 1 fully saturated rings. The molecule has 0 spiro atoms. The van der Waals surface area contributed by atoms with E-state index in [4.69, 9.17) is 0 Å². The van der Waals surface area contributed by atoms with E-state index < -0.39 is 0 Å². The summed E-state index contributed by atoms with van der Waals surface area (Å²) in [5, 5.41) is 6.70. The summed E-state index contributed by atoms with van der Waals surface area (Å²) in [6, 6.07) is 3.16. The summed E-state index contributed by atoms with van der Waals surface area (Å²) < 4.78 is 25.7. The molecule has 0 saturated carbocycles. The number of alkyl halides is 1. The van der Waals surface area contributed by atoms with E-state index in [2.05, 4.69) is 46.4 Å². The largest absolute Gasteiger partial charge is 0.366 e. The second kappa shape index (κ2) is 8.82. The number of hydrogen-bond acceptors (Lipinski definition) is 5. The van der Waals surface area contributed by atoms with Crippen molar-refractivity contribution in [1.82, 2.24) is 24.7 Å². The molecule has 29 heavy (non-hydrogen) atoms. The zero-order chi connectivity index (χ0) is 21.0. The zero-order valence-corrected chi connectivity index (χ0v) is 17.3. The first-order chi connectivity index (χ1) is 13.9. The van der Waals surface area contributed by atoms with Gasteiger partial charge in [-0.2, -0.15) is 0 Å². The van der Waals surface area contributed by atoms with E-state index in [0.717, 1.165) is 43.0 Å². The summed E-state index contributed by atoms with van der Waals surface area (Å²) in [5.41, 5.74) is 2.88. The predicted octanol–water partition coefficient (Wildman–Crippen LogP) is 3.98. The lowest BCUT2D eigenvalue weighted by Gasteiger charge is -2.24. The molecule has 0 amide bonds. The summed E-state index contributed by atoms with van der Waals surface area (Å²) >= 11 is 0. The van der Waals surface area contributed by atoms with E-state index in [1.165, 1.54) is 12.1 Å². The Kier molecular flexibility index (Phi) is 6.42. The number of nitrogens with zero attached hydrogens (tertiary/aromatic N) is 4. The lowest BCUT2D eigenvalue weighted by Crippen LogP contribution is -2.38. The fourth-order valence-corrected chi connectivity index (χ4v) is 3.35. The van der Waals surface area contributed by atoms with E-state index in [9.17, 15) is 8.78 Å². The van der Waals surface area contributed by atoms with Crippen molar-refractivity contribution >= 4 is 11.5 Å². The third-order valence-electron chi connectivity index (χ3n) is 4.87. The number of anilines is 1. The number of rotatable bonds is 3. The van der Waals surface area contributed by atoms with Gasteiger partial charge in [-0.25, -0.2) is 14.4 Å². The maximum Gasteiger partial charge on any atom is 0.155 e. The lowest BCUT2D eigenvalue weighted by atomic mass is 9.93. The summed E-state index contributed by atoms with van der Waals surface area (Å²) in [5.74, 6) is 0.241. The van der Waals surface area contributed by atoms with Gasteiger partial charge in [-0.3, -0.25) is 13.8 Å². The number of hydrogen-bond donors (Lipinski definition) is 2. The Balaban J connectivity index is 0.00000117. The molecule has 2 N–H and O–H groups in total. The fraction of sp³-hybridized carbons (Fsp3) is 0.476. The lowest BCUT2D eigenvalue weighted by molar-refractivity contribution is 0.478. The molecule has 8 heteroatoms. The molecular formula is C21H28F2N6. The van der Waals surface area contributed by atoms with Gasteiger partial charge >= 0.3 is 0 Å². The molecule has 0 aliphatic carbocycles. The van der Waals surface area contributed by atoms with Gasteiger partial charge in [-0.1, -0.05) is 20.8 Å². The van der Waals surface area contributed by atoms with Crippen LogP contribution in [0.25, 0.3) is 17.0 Å². The average Bonchev–Trinajstić information content (AvgIpc) is 3.12. The Morgan fingerprint density at radius 3 is 2.66 bits per heavy atom. The SMILES string of the molecule is CC(C)(C)c1cn2c(-c3cc(F)cc(NC4CCCNC4)n3)cnc2cn1.CF. The van der Waals surface area contributed by atoms with Crippen LogP contribution in [0.1, 0.15) is 39.3 Å². The zero-order valence-electron chi connectivity index (χ0n) is 17.3. The van der Waals surface area contributed by atoms with Gasteiger partial charge in [0.15, 0.2) is 5.65 Å². The van der Waals surface area contributed by atoms with Crippen LogP contribution in [0.3, 0.4) is 0 Å². The monoisotopic (exact) mass is 402 g/mol. The molecule has 3 aromatic rings. The van der Waals surface area contributed by atoms with Crippen molar-refractivity contribution in [3.05, 3.63) is 42.2 Å². The molecule has 1 saturated heterocycles. The Morgan fingerprint density at radius 1 is 1.17 bits per heavy atom. The maximum atomic E-state index is 14.3. The highest BCUT2D eigenvalue weighted by Crippen LogP contribution is 2.25. The van der Waals surface area contributed by atoms with Crippen LogP contribution in [-0.2, 0) is 5.41 Å². The average molecular weight is 402 g/mol. The van der Waals surface area contributed by atoms with Crippen LogP contribution in [0.4, 0.5) is 14.6 Å². The Labute approximate surface area is 169 Å². The minimum Gasteiger partial charge on any atom is -0.366 e. The molecule has 1 aliphatic rings. The van der Waals surface area contributed by atoms with Crippen molar-refractivity contribution in [2.24, 2.45) is 0 Å². The number of nitrogens with one attached hydrogen (secondary N) is 2. The Hall–Kier alpha value is -2.61.